The first-order valence-corrected chi connectivity index (χ1v) is 12.6. The molecule has 1 amide bonds. The number of rotatable bonds is 6. The number of hydrogen-bond donors (Lipinski definition) is 1. The lowest BCUT2D eigenvalue weighted by atomic mass is 9.95. The Labute approximate surface area is 199 Å². The van der Waals surface area contributed by atoms with Crippen molar-refractivity contribution in [1.29, 1.82) is 0 Å². The van der Waals surface area contributed by atoms with Crippen LogP contribution < -0.4 is 9.62 Å². The number of halogens is 1. The van der Waals surface area contributed by atoms with Crippen LogP contribution in [0.25, 0.3) is 5.57 Å². The number of fused-ring (bicyclic) bond motifs is 1. The quantitative estimate of drug-likeness (QED) is 0.528. The number of sulfonamides is 1. The van der Waals surface area contributed by atoms with Crippen molar-refractivity contribution in [2.45, 2.75) is 19.8 Å². The first-order valence-electron chi connectivity index (χ1n) is 10.8. The Balaban J connectivity index is 1.84. The zero-order valence-corrected chi connectivity index (χ0v) is 20.0. The molecule has 1 aliphatic rings. The Morgan fingerprint density at radius 3 is 2.27 bits per heavy atom. The van der Waals surface area contributed by atoms with Crippen LogP contribution in [-0.4, -0.2) is 27.4 Å². The fraction of sp³-hybridized carbons (Fsp3) is 0.192. The van der Waals surface area contributed by atoms with E-state index in [1.165, 1.54) is 4.31 Å². The Kier molecular flexibility index (Phi) is 6.58. The first kappa shape index (κ1) is 23.1. The number of benzene rings is 3. The Hall–Kier alpha value is -3.09. The molecule has 0 aliphatic carbocycles. The van der Waals surface area contributed by atoms with Crippen LogP contribution in [0.4, 0.5) is 5.69 Å². The lowest BCUT2D eigenvalue weighted by molar-refractivity contribution is -0.116. The number of carbonyl (C=O) groups excluding carboxylic acids is 1. The number of nitrogens with one attached hydrogen (secondary N) is 1. The van der Waals surface area contributed by atoms with E-state index in [9.17, 15) is 13.2 Å². The highest BCUT2D eigenvalue weighted by Gasteiger charge is 2.40. The molecule has 0 aromatic heterocycles. The minimum absolute atomic E-state index is 0.0197. The van der Waals surface area contributed by atoms with Crippen LogP contribution in [0.3, 0.4) is 0 Å². The highest BCUT2D eigenvalue weighted by Crippen LogP contribution is 2.43. The van der Waals surface area contributed by atoms with Gasteiger partial charge in [0, 0.05) is 29.2 Å². The van der Waals surface area contributed by atoms with E-state index in [0.29, 0.717) is 34.0 Å². The summed E-state index contributed by atoms with van der Waals surface area (Å²) in [5.41, 5.74) is 3.19. The third-order valence-electron chi connectivity index (χ3n) is 5.77. The summed E-state index contributed by atoms with van der Waals surface area (Å²) in [6, 6.07) is 23.9. The standard InChI is InChI=1S/C26H25ClN2O3S/c1-3-29-23-15-14-21(27)16-22(23)24(20-12-8-5-9-13-20)25(33(29,31)32)26(30)28-17-18(2)19-10-6-4-7-11-19/h4-16,18H,3,17H2,1-2H3,(H,28,30)/t18-/m1/s1. The molecule has 1 N–H and O–H groups in total. The van der Waals surface area contributed by atoms with Crippen LogP contribution in [0.5, 0.6) is 0 Å². The molecule has 0 saturated carbocycles. The number of anilines is 1. The van der Waals surface area contributed by atoms with E-state index < -0.39 is 15.9 Å². The molecule has 170 valence electrons. The monoisotopic (exact) mass is 480 g/mol. The van der Waals surface area contributed by atoms with Crippen molar-refractivity contribution in [3.8, 4) is 0 Å². The molecule has 0 saturated heterocycles. The van der Waals surface area contributed by atoms with E-state index in [1.807, 2.05) is 55.5 Å². The van der Waals surface area contributed by atoms with Gasteiger partial charge < -0.3 is 5.32 Å². The predicted octanol–water partition coefficient (Wildman–Crippen LogP) is 5.19. The zero-order chi connectivity index (χ0) is 23.6. The van der Waals surface area contributed by atoms with E-state index in [2.05, 4.69) is 5.32 Å². The van der Waals surface area contributed by atoms with Gasteiger partial charge in [0.1, 0.15) is 0 Å². The van der Waals surface area contributed by atoms with Gasteiger partial charge in [-0.15, -0.1) is 0 Å². The summed E-state index contributed by atoms with van der Waals surface area (Å²) in [6.45, 7) is 4.23. The summed E-state index contributed by atoms with van der Waals surface area (Å²) in [4.78, 5) is 13.2. The van der Waals surface area contributed by atoms with E-state index in [0.717, 1.165) is 5.56 Å². The van der Waals surface area contributed by atoms with Crippen LogP contribution >= 0.6 is 11.6 Å². The summed E-state index contributed by atoms with van der Waals surface area (Å²) in [5.74, 6) is -0.605. The fourth-order valence-electron chi connectivity index (χ4n) is 4.10. The van der Waals surface area contributed by atoms with E-state index in [1.54, 1.807) is 37.3 Å². The second-order valence-corrected chi connectivity index (χ2v) is 10.2. The average Bonchev–Trinajstić information content (AvgIpc) is 2.82. The SMILES string of the molecule is CCN1c2ccc(Cl)cc2C(c2ccccc2)=C(C(=O)NC[C@@H](C)c2ccccc2)S1(=O)=O. The maximum Gasteiger partial charge on any atom is 0.270 e. The predicted molar refractivity (Wildman–Crippen MR) is 134 cm³/mol. The Morgan fingerprint density at radius 2 is 1.64 bits per heavy atom. The summed E-state index contributed by atoms with van der Waals surface area (Å²) in [6.07, 6.45) is 0. The summed E-state index contributed by atoms with van der Waals surface area (Å²) in [7, 11) is -4.09. The second kappa shape index (κ2) is 9.41. The minimum Gasteiger partial charge on any atom is -0.351 e. The lowest BCUT2D eigenvalue weighted by Crippen LogP contribution is -2.42. The number of amides is 1. The molecule has 1 heterocycles. The van der Waals surface area contributed by atoms with E-state index in [4.69, 9.17) is 11.6 Å². The van der Waals surface area contributed by atoms with Gasteiger partial charge in [-0.3, -0.25) is 9.10 Å². The molecular formula is C26H25ClN2O3S. The lowest BCUT2D eigenvalue weighted by Gasteiger charge is -2.33. The van der Waals surface area contributed by atoms with Crippen molar-refractivity contribution < 1.29 is 13.2 Å². The smallest absolute Gasteiger partial charge is 0.270 e. The van der Waals surface area contributed by atoms with Crippen LogP contribution in [0.2, 0.25) is 5.02 Å². The van der Waals surface area contributed by atoms with Gasteiger partial charge in [-0.1, -0.05) is 79.2 Å². The fourth-order valence-corrected chi connectivity index (χ4v) is 6.05. The average molecular weight is 481 g/mol. The van der Waals surface area contributed by atoms with Gasteiger partial charge in [-0.2, -0.15) is 0 Å². The van der Waals surface area contributed by atoms with E-state index in [-0.39, 0.29) is 17.4 Å². The highest BCUT2D eigenvalue weighted by molar-refractivity contribution is 7.97. The van der Waals surface area contributed by atoms with Gasteiger partial charge in [-0.05, 0) is 42.2 Å². The minimum atomic E-state index is -4.09. The van der Waals surface area contributed by atoms with Crippen LogP contribution in [0.15, 0.2) is 83.8 Å². The molecule has 5 nitrogen and oxygen atoms in total. The zero-order valence-electron chi connectivity index (χ0n) is 18.5. The molecule has 4 rings (SSSR count). The molecule has 0 radical (unpaired) electrons. The number of nitrogens with zero attached hydrogens (tertiary/aromatic N) is 1. The normalized spacial score (nSPS) is 15.7. The van der Waals surface area contributed by atoms with Gasteiger partial charge in [0.2, 0.25) is 0 Å². The third kappa shape index (κ3) is 4.41. The van der Waals surface area contributed by atoms with E-state index >= 15 is 0 Å². The maximum atomic E-state index is 13.7. The van der Waals surface area contributed by atoms with Crippen molar-refractivity contribution in [1.82, 2.24) is 5.32 Å². The second-order valence-electron chi connectivity index (χ2n) is 7.92. The molecule has 0 unspecified atom stereocenters. The topological polar surface area (TPSA) is 66.5 Å². The molecular weight excluding hydrogens is 456 g/mol. The van der Waals surface area contributed by atoms with Crippen molar-refractivity contribution in [3.63, 3.8) is 0 Å². The summed E-state index contributed by atoms with van der Waals surface area (Å²) < 4.78 is 28.7. The number of hydrogen-bond acceptors (Lipinski definition) is 3. The van der Waals surface area contributed by atoms with Crippen LogP contribution in [0, 0.1) is 0 Å². The van der Waals surface area contributed by atoms with Gasteiger partial charge in [-0.25, -0.2) is 8.42 Å². The van der Waals surface area contributed by atoms with Crippen LogP contribution in [-0.2, 0) is 14.8 Å². The van der Waals surface area contributed by atoms with Crippen molar-refractivity contribution in [2.75, 3.05) is 17.4 Å². The molecule has 0 bridgehead atoms. The van der Waals surface area contributed by atoms with Crippen molar-refractivity contribution in [3.05, 3.63) is 105 Å². The molecule has 3 aromatic rings. The van der Waals surface area contributed by atoms with Gasteiger partial charge in [0.05, 0.1) is 5.69 Å². The number of carbonyl (C=O) groups is 1. The van der Waals surface area contributed by atoms with Gasteiger partial charge >= 0.3 is 0 Å². The third-order valence-corrected chi connectivity index (χ3v) is 7.94. The maximum absolute atomic E-state index is 13.7. The van der Waals surface area contributed by atoms with Crippen molar-refractivity contribution in [2.24, 2.45) is 0 Å². The first-order chi connectivity index (χ1) is 15.8. The molecule has 33 heavy (non-hydrogen) atoms. The molecule has 3 aromatic carbocycles. The molecule has 0 spiro atoms. The molecule has 1 aliphatic heterocycles. The van der Waals surface area contributed by atoms with Crippen molar-refractivity contribution >= 4 is 38.8 Å². The molecule has 1 atom stereocenters. The largest absolute Gasteiger partial charge is 0.351 e. The Bertz CT molecular complexity index is 1310. The summed E-state index contributed by atoms with van der Waals surface area (Å²) >= 11 is 6.30. The molecule has 0 fully saturated rings. The van der Waals surface area contributed by atoms with Gasteiger partial charge in [0.15, 0.2) is 4.91 Å². The van der Waals surface area contributed by atoms with Gasteiger partial charge in [0.25, 0.3) is 15.9 Å². The molecule has 7 heteroatoms. The highest BCUT2D eigenvalue weighted by atomic mass is 35.5. The summed E-state index contributed by atoms with van der Waals surface area (Å²) in [5, 5.41) is 3.33. The Morgan fingerprint density at radius 1 is 1.00 bits per heavy atom. The van der Waals surface area contributed by atoms with Crippen LogP contribution in [0.1, 0.15) is 36.5 Å².